The summed E-state index contributed by atoms with van der Waals surface area (Å²) >= 11 is 6.51. The van der Waals surface area contributed by atoms with Crippen LogP contribution in [0.1, 0.15) is 31.2 Å². The first-order valence-corrected chi connectivity index (χ1v) is 16.8. The Morgan fingerprint density at radius 3 is 2.53 bits per heavy atom. The van der Waals surface area contributed by atoms with Gasteiger partial charge in [0.25, 0.3) is 0 Å². The van der Waals surface area contributed by atoms with Gasteiger partial charge in [0, 0.05) is 51.0 Å². The highest BCUT2D eigenvalue weighted by atomic mass is 35.5. The standard InChI is InChI=1S/C30H40ClN7O4S/c1-36-12-14-38(15-13-36)26-19-28(41-3)25-17-21(26)9-7-5-6-8-16-42-22-10-11-24(27(18-22)37(2)43(4,39)40)33-29-23(31)20-32-30(34-25)35-29/h10-11,17-20H,5-9,12-16H2,1-4H3,(H2,32,33,34,35). The van der Waals surface area contributed by atoms with Crippen LogP contribution in [0.15, 0.2) is 36.5 Å². The molecule has 6 bridgehead atoms. The zero-order chi connectivity index (χ0) is 30.6. The second-order valence-corrected chi connectivity index (χ2v) is 13.5. The van der Waals surface area contributed by atoms with Crippen molar-refractivity contribution in [2.45, 2.75) is 32.1 Å². The summed E-state index contributed by atoms with van der Waals surface area (Å²) in [7, 11) is 1.77. The molecular weight excluding hydrogens is 590 g/mol. The lowest BCUT2D eigenvalue weighted by atomic mass is 10.0. The van der Waals surface area contributed by atoms with Crippen molar-refractivity contribution in [3.8, 4) is 11.5 Å². The van der Waals surface area contributed by atoms with Crippen LogP contribution < -0.4 is 29.3 Å². The summed E-state index contributed by atoms with van der Waals surface area (Å²) in [5.41, 5.74) is 4.12. The molecule has 2 aromatic carbocycles. The molecule has 0 aliphatic carbocycles. The smallest absolute Gasteiger partial charge is 0.232 e. The third kappa shape index (κ3) is 7.54. The fraction of sp³-hybridized carbons (Fsp3) is 0.467. The predicted octanol–water partition coefficient (Wildman–Crippen LogP) is 5.27. The largest absolute Gasteiger partial charge is 0.494 e. The molecule has 3 aromatic rings. The van der Waals surface area contributed by atoms with Crippen molar-refractivity contribution in [1.82, 2.24) is 14.9 Å². The van der Waals surface area contributed by atoms with E-state index in [1.165, 1.54) is 28.8 Å². The molecule has 0 radical (unpaired) electrons. The van der Waals surface area contributed by atoms with Gasteiger partial charge in [-0.3, -0.25) is 4.31 Å². The molecule has 6 rings (SSSR count). The van der Waals surface area contributed by atoms with Crippen LogP contribution in [0.4, 0.5) is 34.5 Å². The molecule has 1 fully saturated rings. The Morgan fingerprint density at radius 1 is 1.02 bits per heavy atom. The van der Waals surface area contributed by atoms with Crippen molar-refractivity contribution < 1.29 is 17.9 Å². The van der Waals surface area contributed by atoms with Crippen LogP contribution in [-0.4, -0.2) is 83.5 Å². The highest BCUT2D eigenvalue weighted by Gasteiger charge is 2.22. The van der Waals surface area contributed by atoms with E-state index in [1.807, 2.05) is 0 Å². The van der Waals surface area contributed by atoms with Crippen LogP contribution >= 0.6 is 11.6 Å². The van der Waals surface area contributed by atoms with Gasteiger partial charge >= 0.3 is 0 Å². The number of nitrogens with one attached hydrogen (secondary N) is 2. The molecule has 0 atom stereocenters. The van der Waals surface area contributed by atoms with E-state index >= 15 is 0 Å². The molecule has 13 heteroatoms. The number of likely N-dealkylation sites (N-methyl/N-ethyl adjacent to an activating group) is 1. The van der Waals surface area contributed by atoms with Gasteiger partial charge in [-0.05, 0) is 50.1 Å². The molecule has 11 nitrogen and oxygen atoms in total. The maximum Gasteiger partial charge on any atom is 0.232 e. The van der Waals surface area contributed by atoms with Gasteiger partial charge in [0.2, 0.25) is 16.0 Å². The fourth-order valence-electron chi connectivity index (χ4n) is 5.29. The van der Waals surface area contributed by atoms with E-state index in [9.17, 15) is 8.42 Å². The maximum absolute atomic E-state index is 12.5. The minimum atomic E-state index is -3.56. The first-order chi connectivity index (χ1) is 20.6. The van der Waals surface area contributed by atoms with Gasteiger partial charge in [-0.2, -0.15) is 4.98 Å². The Hall–Kier alpha value is -3.48. The average Bonchev–Trinajstić information content (AvgIpc) is 2.98. The molecule has 0 amide bonds. The molecule has 3 aliphatic heterocycles. The number of methoxy groups -OCH3 is 1. The van der Waals surface area contributed by atoms with Crippen LogP contribution in [0, 0.1) is 0 Å². The lowest BCUT2D eigenvalue weighted by molar-refractivity contribution is 0.305. The van der Waals surface area contributed by atoms with Crippen molar-refractivity contribution in [3.05, 3.63) is 47.1 Å². The number of benzene rings is 2. The Labute approximate surface area is 259 Å². The lowest BCUT2D eigenvalue weighted by Gasteiger charge is -2.35. The van der Waals surface area contributed by atoms with Gasteiger partial charge in [0.15, 0.2) is 5.82 Å². The summed E-state index contributed by atoms with van der Waals surface area (Å²) in [6, 6.07) is 9.54. The first kappa shape index (κ1) is 31.0. The second-order valence-electron chi connectivity index (χ2n) is 11.0. The zero-order valence-corrected chi connectivity index (χ0v) is 26.8. The molecule has 1 saturated heterocycles. The molecule has 43 heavy (non-hydrogen) atoms. The van der Waals surface area contributed by atoms with Crippen LogP contribution in [-0.2, 0) is 16.4 Å². The van der Waals surface area contributed by atoms with Gasteiger partial charge in [-0.15, -0.1) is 0 Å². The average molecular weight is 630 g/mol. The SMILES string of the molecule is COc1cc(N2CCN(C)CC2)c2cc1Nc1ncc(Cl)c(n1)Nc1ccc(cc1N(C)S(C)(=O)=O)OCCCCCC2. The first-order valence-electron chi connectivity index (χ1n) is 14.5. The van der Waals surface area contributed by atoms with Crippen LogP contribution in [0.2, 0.25) is 5.02 Å². The predicted molar refractivity (Wildman–Crippen MR) is 174 cm³/mol. The van der Waals surface area contributed by atoms with E-state index in [2.05, 4.69) is 49.6 Å². The molecule has 0 unspecified atom stereocenters. The number of anilines is 6. The zero-order valence-electron chi connectivity index (χ0n) is 25.2. The number of rotatable bonds is 4. The normalized spacial score (nSPS) is 16.6. The Balaban J connectivity index is 1.54. The van der Waals surface area contributed by atoms with E-state index in [0.29, 0.717) is 41.2 Å². The maximum atomic E-state index is 12.5. The minimum absolute atomic E-state index is 0.280. The van der Waals surface area contributed by atoms with Crippen molar-refractivity contribution in [3.63, 3.8) is 0 Å². The molecule has 2 N–H and O–H groups in total. The van der Waals surface area contributed by atoms with E-state index in [0.717, 1.165) is 70.2 Å². The number of fused-ring (bicyclic) bond motifs is 8. The number of hydrogen-bond donors (Lipinski definition) is 2. The molecule has 3 aliphatic rings. The molecule has 1 aromatic heterocycles. The van der Waals surface area contributed by atoms with Gasteiger partial charge in [-0.25, -0.2) is 13.4 Å². The molecule has 0 spiro atoms. The fourth-order valence-corrected chi connectivity index (χ4v) is 5.94. The van der Waals surface area contributed by atoms with Crippen molar-refractivity contribution in [1.29, 1.82) is 0 Å². The third-order valence-corrected chi connectivity index (χ3v) is 9.37. The van der Waals surface area contributed by atoms with E-state index in [-0.39, 0.29) is 5.02 Å². The quantitative estimate of drug-likeness (QED) is 0.396. The van der Waals surface area contributed by atoms with Gasteiger partial charge in [0.05, 0.1) is 43.2 Å². The second kappa shape index (κ2) is 13.4. The number of aromatic nitrogens is 2. The highest BCUT2D eigenvalue weighted by molar-refractivity contribution is 7.92. The van der Waals surface area contributed by atoms with Gasteiger partial charge < -0.3 is 29.9 Å². The van der Waals surface area contributed by atoms with E-state index in [1.54, 1.807) is 25.3 Å². The molecule has 232 valence electrons. The number of piperazine rings is 1. The summed E-state index contributed by atoms with van der Waals surface area (Å²) < 4.78 is 38.0. The van der Waals surface area contributed by atoms with Crippen LogP contribution in [0.25, 0.3) is 0 Å². The number of sulfonamides is 1. The summed E-state index contributed by atoms with van der Waals surface area (Å²) in [5, 5.41) is 6.82. The number of ether oxygens (including phenoxy) is 2. The summed E-state index contributed by atoms with van der Waals surface area (Å²) in [6.45, 7) is 4.49. The number of halogens is 1. The Bertz CT molecular complexity index is 1550. The Kier molecular flexibility index (Phi) is 9.68. The van der Waals surface area contributed by atoms with Crippen molar-refractivity contribution in [2.24, 2.45) is 0 Å². The summed E-state index contributed by atoms with van der Waals surface area (Å²) in [4.78, 5) is 13.9. The Morgan fingerprint density at radius 2 is 1.79 bits per heavy atom. The molecular formula is C30H40ClN7O4S. The van der Waals surface area contributed by atoms with E-state index < -0.39 is 10.0 Å². The number of hydrogen-bond acceptors (Lipinski definition) is 10. The lowest BCUT2D eigenvalue weighted by Crippen LogP contribution is -2.44. The van der Waals surface area contributed by atoms with Crippen molar-refractivity contribution >= 4 is 56.1 Å². The van der Waals surface area contributed by atoms with Crippen molar-refractivity contribution in [2.75, 3.05) is 80.1 Å². The van der Waals surface area contributed by atoms with Gasteiger partial charge in [0.1, 0.15) is 16.5 Å². The van der Waals surface area contributed by atoms with Crippen LogP contribution in [0.3, 0.4) is 0 Å². The molecule has 4 heterocycles. The summed E-state index contributed by atoms with van der Waals surface area (Å²) in [6.07, 6.45) is 7.62. The van der Waals surface area contributed by atoms with Gasteiger partial charge in [-0.1, -0.05) is 24.4 Å². The third-order valence-electron chi connectivity index (χ3n) is 7.90. The molecule has 0 saturated carbocycles. The highest BCUT2D eigenvalue weighted by Crippen LogP contribution is 2.38. The van der Waals surface area contributed by atoms with E-state index in [4.69, 9.17) is 21.1 Å². The number of nitrogens with zero attached hydrogens (tertiary/aromatic N) is 5. The summed E-state index contributed by atoms with van der Waals surface area (Å²) in [5.74, 6) is 1.92. The van der Waals surface area contributed by atoms with Crippen LogP contribution in [0.5, 0.6) is 11.5 Å². The topological polar surface area (TPSA) is 112 Å². The monoisotopic (exact) mass is 629 g/mol. The minimum Gasteiger partial charge on any atom is -0.494 e. The number of aryl methyl sites for hydroxylation is 1.